The van der Waals surface area contributed by atoms with Crippen LogP contribution >= 0.6 is 22.7 Å². The van der Waals surface area contributed by atoms with E-state index in [0.29, 0.717) is 0 Å². The van der Waals surface area contributed by atoms with Crippen molar-refractivity contribution in [2.24, 2.45) is 0 Å². The maximum atomic E-state index is 2.45. The van der Waals surface area contributed by atoms with Crippen molar-refractivity contribution in [3.05, 3.63) is 170 Å². The van der Waals surface area contributed by atoms with Crippen LogP contribution in [0.2, 0.25) is 0 Å². The third kappa shape index (κ3) is 4.13. The molecule has 3 heterocycles. The van der Waals surface area contributed by atoms with Crippen molar-refractivity contribution in [2.75, 3.05) is 4.90 Å². The Morgan fingerprint density at radius 3 is 1.76 bits per heavy atom. The molecule has 11 aromatic rings. The molecular weight excluding hydrogens is 645 g/mol. The van der Waals surface area contributed by atoms with E-state index >= 15 is 0 Å². The molecule has 0 aliphatic carbocycles. The minimum atomic E-state index is 1.13. The van der Waals surface area contributed by atoms with Gasteiger partial charge in [0.05, 0.1) is 11.0 Å². The Balaban J connectivity index is 1.19. The van der Waals surface area contributed by atoms with Crippen molar-refractivity contribution in [1.29, 1.82) is 0 Å². The lowest BCUT2D eigenvalue weighted by Crippen LogP contribution is -2.10. The third-order valence-corrected chi connectivity index (χ3v) is 12.5. The summed E-state index contributed by atoms with van der Waals surface area (Å²) in [6, 6.07) is 62.5. The molecule has 234 valence electrons. The third-order valence-electron chi connectivity index (χ3n) is 10.2. The summed E-state index contributed by atoms with van der Waals surface area (Å²) < 4.78 is 7.68. The van der Waals surface area contributed by atoms with Gasteiger partial charge < -0.3 is 9.47 Å². The van der Waals surface area contributed by atoms with Crippen LogP contribution in [0.5, 0.6) is 0 Å². The summed E-state index contributed by atoms with van der Waals surface area (Å²) in [5.41, 5.74) is 6.98. The Morgan fingerprint density at radius 2 is 0.920 bits per heavy atom. The molecule has 8 aromatic carbocycles. The number of hydrogen-bond acceptors (Lipinski definition) is 3. The van der Waals surface area contributed by atoms with Gasteiger partial charge in [0.15, 0.2) is 0 Å². The topological polar surface area (TPSA) is 8.17 Å². The molecule has 0 unspecified atom stereocenters. The molecule has 2 nitrogen and oxygen atoms in total. The first kappa shape index (κ1) is 28.0. The maximum absolute atomic E-state index is 2.45. The van der Waals surface area contributed by atoms with Gasteiger partial charge in [0, 0.05) is 79.3 Å². The standard InChI is InChI=1S/C46H28N2S2/c1-2-10-30(11-3-1)48-41-15-7-4-12-34(41)35-24-21-32(27-42(35)48)47(33-22-25-38-36-13-5-8-16-43(36)49-45(38)28-33)31-20-18-29-19-23-39-37-14-6-9-17-44(37)50-46(39)40(29)26-31/h1-28H. The number of fused-ring (bicyclic) bond motifs is 11. The van der Waals surface area contributed by atoms with Crippen LogP contribution in [0.3, 0.4) is 0 Å². The normalized spacial score (nSPS) is 12.0. The summed E-state index contributed by atoms with van der Waals surface area (Å²) in [7, 11) is 0. The monoisotopic (exact) mass is 672 g/mol. The second kappa shape index (κ2) is 10.8. The second-order valence-corrected chi connectivity index (χ2v) is 15.1. The lowest BCUT2D eigenvalue weighted by atomic mass is 10.0. The summed E-state index contributed by atoms with van der Waals surface area (Å²) >= 11 is 3.76. The molecule has 3 aromatic heterocycles. The Labute approximate surface area is 296 Å². The van der Waals surface area contributed by atoms with Crippen LogP contribution in [-0.2, 0) is 0 Å². The minimum absolute atomic E-state index is 1.13. The predicted molar refractivity (Wildman–Crippen MR) is 219 cm³/mol. The highest BCUT2D eigenvalue weighted by Crippen LogP contribution is 2.45. The number of thiophene rings is 2. The van der Waals surface area contributed by atoms with Gasteiger partial charge in [-0.25, -0.2) is 0 Å². The molecule has 0 saturated heterocycles. The Hall–Kier alpha value is -5.94. The van der Waals surface area contributed by atoms with Crippen molar-refractivity contribution >= 4 is 113 Å². The lowest BCUT2D eigenvalue weighted by Gasteiger charge is -2.26. The molecule has 0 radical (unpaired) electrons. The molecule has 50 heavy (non-hydrogen) atoms. The van der Waals surface area contributed by atoms with Gasteiger partial charge in [-0.3, -0.25) is 0 Å². The fourth-order valence-corrected chi connectivity index (χ4v) is 10.3. The highest BCUT2D eigenvalue weighted by Gasteiger charge is 2.19. The molecule has 0 spiro atoms. The number of benzene rings is 8. The first-order valence-electron chi connectivity index (χ1n) is 16.9. The van der Waals surface area contributed by atoms with Crippen LogP contribution in [0.25, 0.3) is 78.6 Å². The van der Waals surface area contributed by atoms with Crippen LogP contribution < -0.4 is 4.90 Å². The van der Waals surface area contributed by atoms with Crippen LogP contribution in [0, 0.1) is 0 Å². The van der Waals surface area contributed by atoms with Gasteiger partial charge in [0.25, 0.3) is 0 Å². The number of nitrogens with zero attached hydrogens (tertiary/aromatic N) is 2. The van der Waals surface area contributed by atoms with E-state index in [0.717, 1.165) is 22.7 Å². The predicted octanol–water partition coefficient (Wildman–Crippen LogP) is 14.1. The molecule has 0 amide bonds. The average Bonchev–Trinajstić information content (AvgIpc) is 3.84. The number of rotatable bonds is 4. The summed E-state index contributed by atoms with van der Waals surface area (Å²) in [6.45, 7) is 0. The summed E-state index contributed by atoms with van der Waals surface area (Å²) in [5.74, 6) is 0. The fourth-order valence-electron chi connectivity index (χ4n) is 7.88. The van der Waals surface area contributed by atoms with Crippen molar-refractivity contribution in [1.82, 2.24) is 4.57 Å². The zero-order valence-corrected chi connectivity index (χ0v) is 28.5. The van der Waals surface area contributed by atoms with E-state index in [1.807, 2.05) is 22.7 Å². The van der Waals surface area contributed by atoms with Crippen LogP contribution in [-0.4, -0.2) is 4.57 Å². The zero-order valence-electron chi connectivity index (χ0n) is 26.9. The van der Waals surface area contributed by atoms with Crippen molar-refractivity contribution in [2.45, 2.75) is 0 Å². The lowest BCUT2D eigenvalue weighted by molar-refractivity contribution is 1.18. The molecule has 0 bridgehead atoms. The maximum Gasteiger partial charge on any atom is 0.0561 e. The summed E-state index contributed by atoms with van der Waals surface area (Å²) in [6.07, 6.45) is 0. The van der Waals surface area contributed by atoms with Gasteiger partial charge in [-0.05, 0) is 72.1 Å². The second-order valence-electron chi connectivity index (χ2n) is 12.9. The SMILES string of the molecule is c1ccc(-n2c3ccccc3c3ccc(N(c4ccc5c(c4)sc4ccccc45)c4ccc5ccc6c7ccccc7sc6c5c4)cc32)cc1. The Morgan fingerprint density at radius 1 is 0.360 bits per heavy atom. The minimum Gasteiger partial charge on any atom is -0.310 e. The Bertz CT molecular complexity index is 3110. The van der Waals surface area contributed by atoms with Crippen molar-refractivity contribution in [3.8, 4) is 5.69 Å². The number of anilines is 3. The van der Waals surface area contributed by atoms with E-state index in [2.05, 4.69) is 179 Å². The highest BCUT2D eigenvalue weighted by molar-refractivity contribution is 7.26. The number of hydrogen-bond donors (Lipinski definition) is 0. The molecule has 11 rings (SSSR count). The zero-order chi connectivity index (χ0) is 32.8. The van der Waals surface area contributed by atoms with Crippen LogP contribution in [0.1, 0.15) is 0 Å². The van der Waals surface area contributed by atoms with Gasteiger partial charge in [-0.1, -0.05) is 103 Å². The molecule has 0 aliphatic rings. The van der Waals surface area contributed by atoms with E-state index in [-0.39, 0.29) is 0 Å². The number of aromatic nitrogens is 1. The first-order chi connectivity index (χ1) is 24.8. The van der Waals surface area contributed by atoms with E-state index in [4.69, 9.17) is 0 Å². The molecule has 0 atom stereocenters. The molecular formula is C46H28N2S2. The van der Waals surface area contributed by atoms with Gasteiger partial charge in [0.1, 0.15) is 0 Å². The van der Waals surface area contributed by atoms with Gasteiger partial charge >= 0.3 is 0 Å². The van der Waals surface area contributed by atoms with Crippen molar-refractivity contribution < 1.29 is 0 Å². The first-order valence-corrected chi connectivity index (χ1v) is 18.6. The molecule has 4 heteroatoms. The summed E-state index contributed by atoms with van der Waals surface area (Å²) in [5, 5.41) is 10.3. The molecule has 0 fully saturated rings. The fraction of sp³-hybridized carbons (Fsp3) is 0. The smallest absolute Gasteiger partial charge is 0.0561 e. The van der Waals surface area contributed by atoms with E-state index in [9.17, 15) is 0 Å². The van der Waals surface area contributed by atoms with Gasteiger partial charge in [0.2, 0.25) is 0 Å². The highest BCUT2D eigenvalue weighted by atomic mass is 32.1. The largest absolute Gasteiger partial charge is 0.310 e. The molecule has 0 saturated carbocycles. The van der Waals surface area contributed by atoms with Gasteiger partial charge in [-0.2, -0.15) is 0 Å². The molecule has 0 aliphatic heterocycles. The number of para-hydroxylation sites is 2. The van der Waals surface area contributed by atoms with E-state index in [1.54, 1.807) is 0 Å². The van der Waals surface area contributed by atoms with Crippen LogP contribution in [0.15, 0.2) is 170 Å². The van der Waals surface area contributed by atoms with Crippen molar-refractivity contribution in [3.63, 3.8) is 0 Å². The van der Waals surface area contributed by atoms with E-state index in [1.165, 1.54) is 72.9 Å². The summed E-state index contributed by atoms with van der Waals surface area (Å²) in [4.78, 5) is 2.45. The Kier molecular flexibility index (Phi) is 6.03. The van der Waals surface area contributed by atoms with E-state index < -0.39 is 0 Å². The molecule has 0 N–H and O–H groups in total. The van der Waals surface area contributed by atoms with Crippen LogP contribution in [0.4, 0.5) is 17.1 Å². The van der Waals surface area contributed by atoms with Gasteiger partial charge in [-0.15, -0.1) is 22.7 Å². The average molecular weight is 673 g/mol. The quantitative estimate of drug-likeness (QED) is 0.181.